The fourth-order valence-electron chi connectivity index (χ4n) is 2.83. The summed E-state index contributed by atoms with van der Waals surface area (Å²) in [6, 6.07) is 8.16. The van der Waals surface area contributed by atoms with E-state index in [2.05, 4.69) is 27.0 Å². The van der Waals surface area contributed by atoms with Crippen LogP contribution in [0, 0.1) is 5.41 Å². The molecule has 0 aliphatic heterocycles. The SMILES string of the molecule is N=Cc1c(O)nc(SCc2ccccc2Br)c2c1CCCC2. The second kappa shape index (κ2) is 6.84. The van der Waals surface area contributed by atoms with Crippen molar-refractivity contribution in [2.24, 2.45) is 0 Å². The van der Waals surface area contributed by atoms with Crippen LogP contribution in [0.3, 0.4) is 0 Å². The van der Waals surface area contributed by atoms with E-state index in [-0.39, 0.29) is 5.88 Å². The molecule has 0 saturated heterocycles. The van der Waals surface area contributed by atoms with Crippen molar-refractivity contribution in [3.63, 3.8) is 0 Å². The van der Waals surface area contributed by atoms with Crippen LogP contribution in [0.2, 0.25) is 0 Å². The molecular weight excluding hydrogens is 360 g/mol. The Morgan fingerprint density at radius 1 is 1.23 bits per heavy atom. The first-order valence-electron chi connectivity index (χ1n) is 7.32. The Morgan fingerprint density at radius 2 is 1.95 bits per heavy atom. The van der Waals surface area contributed by atoms with Crippen molar-refractivity contribution in [2.75, 3.05) is 0 Å². The van der Waals surface area contributed by atoms with Crippen molar-refractivity contribution >= 4 is 33.9 Å². The van der Waals surface area contributed by atoms with Gasteiger partial charge >= 0.3 is 0 Å². The minimum atomic E-state index is -0.00900. The number of fused-ring (bicyclic) bond motifs is 1. The Hall–Kier alpha value is -1.33. The van der Waals surface area contributed by atoms with Crippen LogP contribution in [0.15, 0.2) is 33.8 Å². The van der Waals surface area contributed by atoms with Gasteiger partial charge in [0.15, 0.2) is 0 Å². The molecule has 0 amide bonds. The van der Waals surface area contributed by atoms with E-state index in [4.69, 9.17) is 5.41 Å². The maximum Gasteiger partial charge on any atom is 0.221 e. The van der Waals surface area contributed by atoms with Crippen LogP contribution >= 0.6 is 27.7 Å². The average Bonchev–Trinajstić information content (AvgIpc) is 2.54. The third-order valence-corrected chi connectivity index (χ3v) is 5.81. The molecule has 5 heteroatoms. The zero-order chi connectivity index (χ0) is 15.5. The Labute approximate surface area is 142 Å². The number of hydrogen-bond acceptors (Lipinski definition) is 4. The molecule has 0 unspecified atom stereocenters. The zero-order valence-electron chi connectivity index (χ0n) is 12.1. The van der Waals surface area contributed by atoms with Crippen molar-refractivity contribution in [2.45, 2.75) is 36.5 Å². The normalized spacial score (nSPS) is 13.7. The smallest absolute Gasteiger partial charge is 0.221 e. The summed E-state index contributed by atoms with van der Waals surface area (Å²) in [7, 11) is 0. The fraction of sp³-hybridized carbons (Fsp3) is 0.294. The molecule has 3 nitrogen and oxygen atoms in total. The molecule has 1 heterocycles. The van der Waals surface area contributed by atoms with Gasteiger partial charge in [-0.05, 0) is 48.4 Å². The van der Waals surface area contributed by atoms with Gasteiger partial charge in [-0.15, -0.1) is 11.8 Å². The molecule has 0 spiro atoms. The monoisotopic (exact) mass is 376 g/mol. The largest absolute Gasteiger partial charge is 0.493 e. The molecule has 22 heavy (non-hydrogen) atoms. The molecule has 0 saturated carbocycles. The van der Waals surface area contributed by atoms with E-state index in [1.165, 1.54) is 17.3 Å². The Morgan fingerprint density at radius 3 is 2.68 bits per heavy atom. The van der Waals surface area contributed by atoms with Gasteiger partial charge in [0.05, 0.1) is 5.56 Å². The lowest BCUT2D eigenvalue weighted by Crippen LogP contribution is -2.10. The summed E-state index contributed by atoms with van der Waals surface area (Å²) < 4.78 is 1.09. The highest BCUT2D eigenvalue weighted by Crippen LogP contribution is 2.36. The van der Waals surface area contributed by atoms with Gasteiger partial charge in [-0.2, -0.15) is 0 Å². The van der Waals surface area contributed by atoms with Crippen LogP contribution < -0.4 is 0 Å². The van der Waals surface area contributed by atoms with Gasteiger partial charge in [0, 0.05) is 16.4 Å². The molecule has 114 valence electrons. The molecule has 1 aromatic carbocycles. The lowest BCUT2D eigenvalue weighted by atomic mass is 9.90. The van der Waals surface area contributed by atoms with Gasteiger partial charge < -0.3 is 10.5 Å². The molecule has 0 radical (unpaired) electrons. The fourth-order valence-corrected chi connectivity index (χ4v) is 4.54. The third-order valence-electron chi connectivity index (χ3n) is 3.97. The molecule has 0 fully saturated rings. The van der Waals surface area contributed by atoms with E-state index in [1.54, 1.807) is 11.8 Å². The van der Waals surface area contributed by atoms with Crippen LogP contribution in [-0.4, -0.2) is 16.3 Å². The molecule has 0 atom stereocenters. The first-order chi connectivity index (χ1) is 10.7. The Kier molecular flexibility index (Phi) is 4.84. The number of hydrogen-bond donors (Lipinski definition) is 2. The predicted molar refractivity (Wildman–Crippen MR) is 94.1 cm³/mol. The standard InChI is InChI=1S/C17H17BrN2OS/c18-15-8-4-1-5-11(15)10-22-17-13-7-3-2-6-12(13)14(9-19)16(21)20-17/h1,4-5,8-9,19H,2-3,6-7,10H2,(H,20,21). The number of thioether (sulfide) groups is 1. The highest BCUT2D eigenvalue weighted by atomic mass is 79.9. The van der Waals surface area contributed by atoms with Crippen LogP contribution in [0.4, 0.5) is 0 Å². The number of aromatic hydroxyl groups is 1. The summed E-state index contributed by atoms with van der Waals surface area (Å²) in [5.41, 5.74) is 4.15. The first kappa shape index (κ1) is 15.6. The average molecular weight is 377 g/mol. The summed E-state index contributed by atoms with van der Waals surface area (Å²) >= 11 is 5.23. The highest BCUT2D eigenvalue weighted by Gasteiger charge is 2.21. The number of nitrogens with zero attached hydrogens (tertiary/aromatic N) is 1. The van der Waals surface area contributed by atoms with Crippen LogP contribution in [-0.2, 0) is 18.6 Å². The Bertz CT molecular complexity index is 718. The third kappa shape index (κ3) is 3.06. The second-order valence-electron chi connectivity index (χ2n) is 5.34. The number of nitrogens with one attached hydrogen (secondary N) is 1. The molecule has 2 N–H and O–H groups in total. The highest BCUT2D eigenvalue weighted by molar-refractivity contribution is 9.10. The van der Waals surface area contributed by atoms with E-state index >= 15 is 0 Å². The summed E-state index contributed by atoms with van der Waals surface area (Å²) in [6.45, 7) is 0. The molecule has 0 bridgehead atoms. The predicted octanol–water partition coefficient (Wildman–Crippen LogP) is 4.72. The van der Waals surface area contributed by atoms with Gasteiger partial charge in [-0.3, -0.25) is 0 Å². The second-order valence-corrected chi connectivity index (χ2v) is 7.16. The van der Waals surface area contributed by atoms with Gasteiger partial charge in [-0.25, -0.2) is 4.98 Å². The minimum Gasteiger partial charge on any atom is -0.493 e. The zero-order valence-corrected chi connectivity index (χ0v) is 14.5. The van der Waals surface area contributed by atoms with Crippen LogP contribution in [0.25, 0.3) is 0 Å². The topological polar surface area (TPSA) is 57.0 Å². The molecule has 2 aromatic rings. The van der Waals surface area contributed by atoms with Crippen molar-refractivity contribution < 1.29 is 5.11 Å². The molecular formula is C17H17BrN2OS. The van der Waals surface area contributed by atoms with Gasteiger partial charge in [0.25, 0.3) is 0 Å². The number of halogens is 1. The molecule has 1 aliphatic rings. The van der Waals surface area contributed by atoms with E-state index in [9.17, 15) is 5.11 Å². The number of pyridine rings is 1. The van der Waals surface area contributed by atoms with E-state index in [1.807, 2.05) is 18.2 Å². The van der Waals surface area contributed by atoms with Crippen molar-refractivity contribution in [3.8, 4) is 5.88 Å². The van der Waals surface area contributed by atoms with Crippen LogP contribution in [0.5, 0.6) is 5.88 Å². The number of rotatable bonds is 4. The van der Waals surface area contributed by atoms with Gasteiger partial charge in [0.2, 0.25) is 5.88 Å². The number of benzene rings is 1. The maximum atomic E-state index is 10.1. The molecule has 1 aromatic heterocycles. The molecule has 3 rings (SSSR count). The summed E-state index contributed by atoms with van der Waals surface area (Å²) in [5.74, 6) is 0.801. The first-order valence-corrected chi connectivity index (χ1v) is 9.10. The minimum absolute atomic E-state index is 0.00900. The lowest BCUT2D eigenvalue weighted by Gasteiger charge is -2.21. The maximum absolute atomic E-state index is 10.1. The van der Waals surface area contributed by atoms with Crippen molar-refractivity contribution in [1.82, 2.24) is 4.98 Å². The van der Waals surface area contributed by atoms with E-state index in [0.29, 0.717) is 5.56 Å². The van der Waals surface area contributed by atoms with E-state index in [0.717, 1.165) is 46.5 Å². The summed E-state index contributed by atoms with van der Waals surface area (Å²) in [4.78, 5) is 4.35. The quantitative estimate of drug-likeness (QED) is 0.599. The van der Waals surface area contributed by atoms with Crippen molar-refractivity contribution in [1.29, 1.82) is 5.41 Å². The Balaban J connectivity index is 1.92. The van der Waals surface area contributed by atoms with Gasteiger partial charge in [0.1, 0.15) is 5.03 Å². The molecule has 1 aliphatic carbocycles. The summed E-state index contributed by atoms with van der Waals surface area (Å²) in [6.07, 6.45) is 5.42. The van der Waals surface area contributed by atoms with E-state index < -0.39 is 0 Å². The summed E-state index contributed by atoms with van der Waals surface area (Å²) in [5, 5.41) is 18.5. The number of aromatic nitrogens is 1. The van der Waals surface area contributed by atoms with Crippen LogP contribution in [0.1, 0.15) is 35.1 Å². The van der Waals surface area contributed by atoms with Crippen molar-refractivity contribution in [3.05, 3.63) is 51.0 Å². The lowest BCUT2D eigenvalue weighted by molar-refractivity contribution is 0.443. The van der Waals surface area contributed by atoms with Gasteiger partial charge in [-0.1, -0.05) is 34.1 Å².